The van der Waals surface area contributed by atoms with Crippen molar-refractivity contribution in [1.82, 2.24) is 14.9 Å². The van der Waals surface area contributed by atoms with Gasteiger partial charge in [-0.3, -0.25) is 0 Å². The molecule has 1 aromatic heterocycles. The van der Waals surface area contributed by atoms with Crippen molar-refractivity contribution < 1.29 is 0 Å². The number of rotatable bonds is 4. The van der Waals surface area contributed by atoms with Gasteiger partial charge in [0.05, 0.1) is 16.1 Å². The SMILES string of the molecule is CNCCc1ccccc1-c1nc2cccc(Cl)c2n1C. The van der Waals surface area contributed by atoms with Crippen molar-refractivity contribution in [3.05, 3.63) is 53.1 Å². The predicted molar refractivity (Wildman–Crippen MR) is 88.8 cm³/mol. The summed E-state index contributed by atoms with van der Waals surface area (Å²) in [6, 6.07) is 14.3. The molecule has 0 spiro atoms. The first-order valence-corrected chi connectivity index (χ1v) is 7.44. The molecule has 3 rings (SSSR count). The molecular formula is C17H18ClN3. The predicted octanol–water partition coefficient (Wildman–Crippen LogP) is 3.66. The van der Waals surface area contributed by atoms with Gasteiger partial charge in [0.1, 0.15) is 5.82 Å². The molecule has 0 aliphatic rings. The number of likely N-dealkylation sites (N-methyl/N-ethyl adjacent to an activating group) is 1. The number of fused-ring (bicyclic) bond motifs is 1. The van der Waals surface area contributed by atoms with Gasteiger partial charge in [0, 0.05) is 12.6 Å². The zero-order chi connectivity index (χ0) is 14.8. The van der Waals surface area contributed by atoms with E-state index in [1.807, 2.05) is 32.3 Å². The fourth-order valence-electron chi connectivity index (χ4n) is 2.68. The van der Waals surface area contributed by atoms with Gasteiger partial charge in [-0.25, -0.2) is 4.98 Å². The third-order valence-electron chi connectivity index (χ3n) is 3.75. The molecule has 3 nitrogen and oxygen atoms in total. The first-order valence-electron chi connectivity index (χ1n) is 7.06. The number of nitrogens with zero attached hydrogens (tertiary/aromatic N) is 2. The molecule has 0 aliphatic carbocycles. The largest absolute Gasteiger partial charge is 0.326 e. The topological polar surface area (TPSA) is 29.9 Å². The smallest absolute Gasteiger partial charge is 0.141 e. The van der Waals surface area contributed by atoms with Crippen LogP contribution in [0, 0.1) is 0 Å². The summed E-state index contributed by atoms with van der Waals surface area (Å²) in [4.78, 5) is 4.77. The maximum Gasteiger partial charge on any atom is 0.141 e. The van der Waals surface area contributed by atoms with Gasteiger partial charge in [-0.15, -0.1) is 0 Å². The number of hydrogen-bond acceptors (Lipinski definition) is 2. The number of aromatic nitrogens is 2. The van der Waals surface area contributed by atoms with Crippen LogP contribution >= 0.6 is 11.6 Å². The Balaban J connectivity index is 2.17. The number of aryl methyl sites for hydroxylation is 1. The molecule has 0 unspecified atom stereocenters. The van der Waals surface area contributed by atoms with Crippen LogP contribution in [0.25, 0.3) is 22.4 Å². The third kappa shape index (κ3) is 2.55. The summed E-state index contributed by atoms with van der Waals surface area (Å²) in [6.45, 7) is 0.946. The van der Waals surface area contributed by atoms with Crippen LogP contribution in [0.1, 0.15) is 5.56 Å². The Bertz CT molecular complexity index is 777. The number of hydrogen-bond donors (Lipinski definition) is 1. The standard InChI is InChI=1S/C17H18ClN3/c1-19-11-10-12-6-3-4-7-13(12)17-20-15-9-5-8-14(18)16(15)21(17)2/h3-9,19H,10-11H2,1-2H3. The fraction of sp³-hybridized carbons (Fsp3) is 0.235. The number of nitrogens with one attached hydrogen (secondary N) is 1. The van der Waals surface area contributed by atoms with Crippen LogP contribution in [0.3, 0.4) is 0 Å². The van der Waals surface area contributed by atoms with Crippen LogP contribution in [0.2, 0.25) is 5.02 Å². The fourth-order valence-corrected chi connectivity index (χ4v) is 2.97. The van der Waals surface area contributed by atoms with E-state index in [1.165, 1.54) is 11.1 Å². The molecule has 1 heterocycles. The number of benzene rings is 2. The molecule has 1 N–H and O–H groups in total. The molecular weight excluding hydrogens is 282 g/mol. The van der Waals surface area contributed by atoms with E-state index in [-0.39, 0.29) is 0 Å². The third-order valence-corrected chi connectivity index (χ3v) is 4.05. The van der Waals surface area contributed by atoms with E-state index in [1.54, 1.807) is 0 Å². The maximum absolute atomic E-state index is 6.32. The van der Waals surface area contributed by atoms with Crippen LogP contribution in [0.15, 0.2) is 42.5 Å². The summed E-state index contributed by atoms with van der Waals surface area (Å²) in [5, 5.41) is 3.93. The van der Waals surface area contributed by atoms with Crippen molar-refractivity contribution in [2.24, 2.45) is 7.05 Å². The van der Waals surface area contributed by atoms with Crippen molar-refractivity contribution >= 4 is 22.6 Å². The van der Waals surface area contributed by atoms with Gasteiger partial charge in [0.25, 0.3) is 0 Å². The highest BCUT2D eigenvalue weighted by atomic mass is 35.5. The molecule has 3 aromatic rings. The first-order chi connectivity index (χ1) is 10.2. The summed E-state index contributed by atoms with van der Waals surface area (Å²) in [5.41, 5.74) is 4.38. The van der Waals surface area contributed by atoms with Gasteiger partial charge < -0.3 is 9.88 Å². The molecule has 0 aliphatic heterocycles. The monoisotopic (exact) mass is 299 g/mol. The second kappa shape index (κ2) is 5.88. The molecule has 2 aromatic carbocycles. The number of halogens is 1. The van der Waals surface area contributed by atoms with E-state index >= 15 is 0 Å². The van der Waals surface area contributed by atoms with E-state index in [0.29, 0.717) is 0 Å². The second-order valence-corrected chi connectivity index (χ2v) is 5.52. The molecule has 21 heavy (non-hydrogen) atoms. The lowest BCUT2D eigenvalue weighted by molar-refractivity contribution is 0.791. The zero-order valence-corrected chi connectivity index (χ0v) is 13.0. The highest BCUT2D eigenvalue weighted by Crippen LogP contribution is 2.30. The Morgan fingerprint density at radius 3 is 2.71 bits per heavy atom. The molecule has 0 bridgehead atoms. The van der Waals surface area contributed by atoms with E-state index in [4.69, 9.17) is 16.6 Å². The van der Waals surface area contributed by atoms with E-state index in [2.05, 4.69) is 34.1 Å². The highest BCUT2D eigenvalue weighted by Gasteiger charge is 2.14. The lowest BCUT2D eigenvalue weighted by Gasteiger charge is -2.09. The lowest BCUT2D eigenvalue weighted by atomic mass is 10.0. The molecule has 0 saturated heterocycles. The van der Waals surface area contributed by atoms with Crippen molar-refractivity contribution in [1.29, 1.82) is 0 Å². The van der Waals surface area contributed by atoms with Gasteiger partial charge in [-0.05, 0) is 37.7 Å². The van der Waals surface area contributed by atoms with E-state index in [0.717, 1.165) is 34.8 Å². The molecule has 0 fully saturated rings. The average Bonchev–Trinajstić information content (AvgIpc) is 2.84. The van der Waals surface area contributed by atoms with Gasteiger partial charge in [-0.2, -0.15) is 0 Å². The minimum Gasteiger partial charge on any atom is -0.326 e. The van der Waals surface area contributed by atoms with Crippen molar-refractivity contribution in [2.45, 2.75) is 6.42 Å². The average molecular weight is 300 g/mol. The quantitative estimate of drug-likeness (QED) is 0.797. The van der Waals surface area contributed by atoms with Gasteiger partial charge >= 0.3 is 0 Å². The summed E-state index contributed by atoms with van der Waals surface area (Å²) in [5.74, 6) is 0.963. The van der Waals surface area contributed by atoms with Crippen LogP contribution in [-0.2, 0) is 13.5 Å². The van der Waals surface area contributed by atoms with Crippen molar-refractivity contribution in [3.63, 3.8) is 0 Å². The minimum atomic E-state index is 0.737. The van der Waals surface area contributed by atoms with E-state index < -0.39 is 0 Å². The number of imidazole rings is 1. The summed E-state index contributed by atoms with van der Waals surface area (Å²) >= 11 is 6.32. The Labute approximate surface area is 129 Å². The van der Waals surface area contributed by atoms with Crippen LogP contribution < -0.4 is 5.32 Å². The summed E-state index contributed by atoms with van der Waals surface area (Å²) < 4.78 is 2.08. The molecule has 0 atom stereocenters. The normalized spacial score (nSPS) is 11.2. The van der Waals surface area contributed by atoms with Crippen LogP contribution in [0.4, 0.5) is 0 Å². The maximum atomic E-state index is 6.32. The van der Waals surface area contributed by atoms with Gasteiger partial charge in [-0.1, -0.05) is 41.9 Å². The van der Waals surface area contributed by atoms with E-state index in [9.17, 15) is 0 Å². The van der Waals surface area contributed by atoms with Gasteiger partial charge in [0.2, 0.25) is 0 Å². The minimum absolute atomic E-state index is 0.737. The molecule has 108 valence electrons. The Morgan fingerprint density at radius 2 is 1.95 bits per heavy atom. The zero-order valence-electron chi connectivity index (χ0n) is 12.2. The summed E-state index contributed by atoms with van der Waals surface area (Å²) in [6.07, 6.45) is 0.976. The Hall–Kier alpha value is -1.84. The molecule has 4 heteroatoms. The highest BCUT2D eigenvalue weighted by molar-refractivity contribution is 6.35. The second-order valence-electron chi connectivity index (χ2n) is 5.11. The van der Waals surface area contributed by atoms with Crippen LogP contribution in [0.5, 0.6) is 0 Å². The summed E-state index contributed by atoms with van der Waals surface area (Å²) in [7, 11) is 3.99. The van der Waals surface area contributed by atoms with Crippen molar-refractivity contribution in [3.8, 4) is 11.4 Å². The van der Waals surface area contributed by atoms with Crippen LogP contribution in [-0.4, -0.2) is 23.1 Å². The van der Waals surface area contributed by atoms with Crippen molar-refractivity contribution in [2.75, 3.05) is 13.6 Å². The molecule has 0 radical (unpaired) electrons. The molecule has 0 amide bonds. The van der Waals surface area contributed by atoms with Gasteiger partial charge in [0.15, 0.2) is 0 Å². The Kier molecular flexibility index (Phi) is 3.95. The molecule has 0 saturated carbocycles. The number of para-hydroxylation sites is 1. The Morgan fingerprint density at radius 1 is 1.14 bits per heavy atom. The lowest BCUT2D eigenvalue weighted by Crippen LogP contribution is -2.11. The first kappa shape index (κ1) is 14.1.